The molecular weight excluding hydrogens is 372 g/mol. The number of aliphatic hydroxyl groups excluding tert-OH is 1. The summed E-state index contributed by atoms with van der Waals surface area (Å²) in [5, 5.41) is 11.7. The number of nitrogens with zero attached hydrogens (tertiary/aromatic N) is 2. The monoisotopic (exact) mass is 396 g/mol. The molecular formula is C23H25ClN2O2. The zero-order valence-electron chi connectivity index (χ0n) is 16.1. The van der Waals surface area contributed by atoms with Crippen molar-refractivity contribution in [2.24, 2.45) is 0 Å². The molecule has 1 saturated heterocycles. The van der Waals surface area contributed by atoms with Crippen LogP contribution < -0.4 is 5.56 Å². The number of hydrogen-bond donors (Lipinski definition) is 1. The molecule has 1 aromatic heterocycles. The van der Waals surface area contributed by atoms with Gasteiger partial charge in [-0.25, -0.2) is 0 Å². The number of hydrogen-bond acceptors (Lipinski definition) is 3. The number of aryl methyl sites for hydroxylation is 1. The molecule has 0 spiro atoms. The second-order valence-electron chi connectivity index (χ2n) is 7.75. The summed E-state index contributed by atoms with van der Waals surface area (Å²) >= 11 is 6.36. The lowest BCUT2D eigenvalue weighted by atomic mass is 10.1. The van der Waals surface area contributed by atoms with Crippen LogP contribution in [0.5, 0.6) is 0 Å². The van der Waals surface area contributed by atoms with Gasteiger partial charge in [-0.1, -0.05) is 41.4 Å². The van der Waals surface area contributed by atoms with E-state index in [4.69, 9.17) is 11.6 Å². The van der Waals surface area contributed by atoms with E-state index in [-0.39, 0.29) is 11.7 Å². The highest BCUT2D eigenvalue weighted by atomic mass is 35.5. The molecule has 146 valence electrons. The van der Waals surface area contributed by atoms with Crippen LogP contribution in [0.3, 0.4) is 0 Å². The number of fused-ring (bicyclic) bond motifs is 1. The SMILES string of the molecule is Cc1ccc2c(c1)cc(CN1CCCC(O)C1)c(=O)n2Cc1ccccc1Cl. The normalized spacial score (nSPS) is 17.9. The summed E-state index contributed by atoms with van der Waals surface area (Å²) in [5.74, 6) is 0. The van der Waals surface area contributed by atoms with E-state index in [0.717, 1.165) is 47.0 Å². The largest absolute Gasteiger partial charge is 0.392 e. The van der Waals surface area contributed by atoms with E-state index in [1.165, 1.54) is 0 Å². The maximum absolute atomic E-state index is 13.4. The van der Waals surface area contributed by atoms with Crippen LogP contribution in [-0.4, -0.2) is 33.8 Å². The number of pyridine rings is 1. The van der Waals surface area contributed by atoms with Crippen molar-refractivity contribution in [3.05, 3.63) is 80.6 Å². The molecule has 5 heteroatoms. The van der Waals surface area contributed by atoms with Gasteiger partial charge in [0, 0.05) is 23.7 Å². The number of aromatic nitrogens is 1. The van der Waals surface area contributed by atoms with Gasteiger partial charge in [0.2, 0.25) is 0 Å². The van der Waals surface area contributed by atoms with Gasteiger partial charge in [-0.2, -0.15) is 0 Å². The van der Waals surface area contributed by atoms with Gasteiger partial charge in [0.15, 0.2) is 0 Å². The number of aliphatic hydroxyl groups is 1. The van der Waals surface area contributed by atoms with Crippen molar-refractivity contribution in [2.75, 3.05) is 13.1 Å². The minimum absolute atomic E-state index is 0.0105. The maximum Gasteiger partial charge on any atom is 0.255 e. The van der Waals surface area contributed by atoms with Crippen molar-refractivity contribution in [3.63, 3.8) is 0 Å². The molecule has 1 fully saturated rings. The fourth-order valence-electron chi connectivity index (χ4n) is 4.05. The predicted molar refractivity (Wildman–Crippen MR) is 114 cm³/mol. The van der Waals surface area contributed by atoms with Gasteiger partial charge in [0.25, 0.3) is 5.56 Å². The van der Waals surface area contributed by atoms with Crippen molar-refractivity contribution in [3.8, 4) is 0 Å². The van der Waals surface area contributed by atoms with Crippen LogP contribution in [0.2, 0.25) is 5.02 Å². The van der Waals surface area contributed by atoms with Crippen molar-refractivity contribution < 1.29 is 5.11 Å². The van der Waals surface area contributed by atoms with Gasteiger partial charge in [-0.3, -0.25) is 9.69 Å². The molecule has 1 atom stereocenters. The van der Waals surface area contributed by atoms with Crippen LogP contribution in [0.4, 0.5) is 0 Å². The molecule has 0 amide bonds. The standard InChI is InChI=1S/C23H25ClN2O2/c1-16-8-9-22-18(11-16)12-19(13-25-10-4-6-20(27)15-25)23(28)26(22)14-17-5-2-3-7-21(17)24/h2-3,5,7-9,11-12,20,27H,4,6,10,13-15H2,1H3. The van der Waals surface area contributed by atoms with Gasteiger partial charge < -0.3 is 9.67 Å². The molecule has 4 nitrogen and oxygen atoms in total. The van der Waals surface area contributed by atoms with E-state index in [9.17, 15) is 9.90 Å². The van der Waals surface area contributed by atoms with Crippen molar-refractivity contribution in [1.82, 2.24) is 9.47 Å². The molecule has 1 unspecified atom stereocenters. The topological polar surface area (TPSA) is 45.5 Å². The highest BCUT2D eigenvalue weighted by Gasteiger charge is 2.20. The molecule has 4 rings (SSSR count). The third kappa shape index (κ3) is 4.00. The van der Waals surface area contributed by atoms with E-state index in [2.05, 4.69) is 17.9 Å². The van der Waals surface area contributed by atoms with Crippen LogP contribution in [0.15, 0.2) is 53.3 Å². The Labute approximate surface area is 170 Å². The summed E-state index contributed by atoms with van der Waals surface area (Å²) in [6.07, 6.45) is 1.49. The number of rotatable bonds is 4. The highest BCUT2D eigenvalue weighted by molar-refractivity contribution is 6.31. The third-order valence-corrected chi connectivity index (χ3v) is 5.85. The Morgan fingerprint density at radius 3 is 2.71 bits per heavy atom. The molecule has 1 aliphatic rings. The minimum atomic E-state index is -0.304. The quantitative estimate of drug-likeness (QED) is 0.725. The van der Waals surface area contributed by atoms with Crippen LogP contribution >= 0.6 is 11.6 Å². The number of piperidine rings is 1. The fraction of sp³-hybridized carbons (Fsp3) is 0.348. The fourth-order valence-corrected chi connectivity index (χ4v) is 4.25. The van der Waals surface area contributed by atoms with Crippen molar-refractivity contribution >= 4 is 22.5 Å². The maximum atomic E-state index is 13.4. The Hall–Kier alpha value is -2.14. The number of β-amino-alcohol motifs (C(OH)–C–C–N with tert-alkyl or cyclic N) is 1. The van der Waals surface area contributed by atoms with Crippen LogP contribution in [0, 0.1) is 6.92 Å². The van der Waals surface area contributed by atoms with E-state index in [1.54, 1.807) is 0 Å². The third-order valence-electron chi connectivity index (χ3n) is 5.48. The molecule has 3 aromatic rings. The van der Waals surface area contributed by atoms with E-state index in [1.807, 2.05) is 47.0 Å². The zero-order chi connectivity index (χ0) is 19.7. The Morgan fingerprint density at radius 2 is 1.93 bits per heavy atom. The second kappa shape index (κ2) is 8.08. The van der Waals surface area contributed by atoms with Gasteiger partial charge >= 0.3 is 0 Å². The lowest BCUT2D eigenvalue weighted by Crippen LogP contribution is -2.39. The minimum Gasteiger partial charge on any atom is -0.392 e. The van der Waals surface area contributed by atoms with Crippen LogP contribution in [-0.2, 0) is 13.1 Å². The first kappa shape index (κ1) is 19.2. The lowest BCUT2D eigenvalue weighted by molar-refractivity contribution is 0.0666. The molecule has 2 aromatic carbocycles. The summed E-state index contributed by atoms with van der Waals surface area (Å²) in [6, 6.07) is 15.8. The molecule has 28 heavy (non-hydrogen) atoms. The average Bonchev–Trinajstić information content (AvgIpc) is 2.66. The first-order valence-corrected chi connectivity index (χ1v) is 10.2. The van der Waals surface area contributed by atoms with Crippen LogP contribution in [0.25, 0.3) is 10.9 Å². The van der Waals surface area contributed by atoms with Gasteiger partial charge in [-0.15, -0.1) is 0 Å². The predicted octanol–water partition coefficient (Wildman–Crippen LogP) is 3.97. The summed E-state index contributed by atoms with van der Waals surface area (Å²) in [7, 11) is 0. The van der Waals surface area contributed by atoms with E-state index < -0.39 is 0 Å². The molecule has 2 heterocycles. The van der Waals surface area contributed by atoms with E-state index >= 15 is 0 Å². The second-order valence-corrected chi connectivity index (χ2v) is 8.15. The molecule has 0 radical (unpaired) electrons. The van der Waals surface area contributed by atoms with Gasteiger partial charge in [0.05, 0.1) is 18.2 Å². The Kier molecular flexibility index (Phi) is 5.54. The summed E-state index contributed by atoms with van der Waals surface area (Å²) in [5.41, 5.74) is 3.78. The summed E-state index contributed by atoms with van der Waals surface area (Å²) < 4.78 is 1.83. The first-order chi connectivity index (χ1) is 13.5. The average molecular weight is 397 g/mol. The highest BCUT2D eigenvalue weighted by Crippen LogP contribution is 2.21. The lowest BCUT2D eigenvalue weighted by Gasteiger charge is -2.30. The number of halogens is 1. The van der Waals surface area contributed by atoms with Gasteiger partial charge in [0.1, 0.15) is 0 Å². The first-order valence-electron chi connectivity index (χ1n) is 9.78. The number of likely N-dealkylation sites (tertiary alicyclic amines) is 1. The number of benzene rings is 2. The Bertz CT molecular complexity index is 1060. The Balaban J connectivity index is 1.79. The summed E-state index contributed by atoms with van der Waals surface area (Å²) in [4.78, 5) is 15.5. The molecule has 0 bridgehead atoms. The zero-order valence-corrected chi connectivity index (χ0v) is 16.8. The smallest absolute Gasteiger partial charge is 0.255 e. The molecule has 0 saturated carbocycles. The van der Waals surface area contributed by atoms with Crippen molar-refractivity contribution in [2.45, 2.75) is 39.0 Å². The van der Waals surface area contributed by atoms with E-state index in [0.29, 0.717) is 24.7 Å². The van der Waals surface area contributed by atoms with Crippen LogP contribution in [0.1, 0.15) is 29.5 Å². The molecule has 1 aliphatic heterocycles. The molecule has 0 aliphatic carbocycles. The molecule has 1 N–H and O–H groups in total. The summed E-state index contributed by atoms with van der Waals surface area (Å²) in [6.45, 7) is 4.59. The Morgan fingerprint density at radius 1 is 1.11 bits per heavy atom. The van der Waals surface area contributed by atoms with Gasteiger partial charge in [-0.05, 0) is 61.5 Å². The van der Waals surface area contributed by atoms with Crippen molar-refractivity contribution in [1.29, 1.82) is 0 Å².